The molecular weight excluding hydrogens is 377 g/mol. The lowest BCUT2D eigenvalue weighted by molar-refractivity contribution is -0.137. The topological polar surface area (TPSA) is 49.4 Å². The Balaban J connectivity index is 1.66. The molecule has 144 valence electrons. The second-order valence-electron chi connectivity index (χ2n) is 6.74. The van der Waals surface area contributed by atoms with Gasteiger partial charge in [0.05, 0.1) is 15.4 Å². The van der Waals surface area contributed by atoms with Crippen LogP contribution in [0.15, 0.2) is 30.3 Å². The number of nitrogens with one attached hydrogen (secondary N) is 1. The third-order valence-corrected chi connectivity index (χ3v) is 5.49. The van der Waals surface area contributed by atoms with E-state index in [-0.39, 0.29) is 24.3 Å². The number of hydrogen-bond acceptors (Lipinski definition) is 3. The molecule has 1 aromatic carbocycles. The summed E-state index contributed by atoms with van der Waals surface area (Å²) >= 11 is 1.21. The zero-order chi connectivity index (χ0) is 19.8. The van der Waals surface area contributed by atoms with Gasteiger partial charge in [0.2, 0.25) is 5.91 Å². The number of rotatable bonds is 5. The highest BCUT2D eigenvalue weighted by atomic mass is 32.1. The van der Waals surface area contributed by atoms with Gasteiger partial charge < -0.3 is 10.2 Å². The SMILES string of the molecule is Cc1cc(NC(=O)C2CC2)sc1C(=O)N(C)Cc1ccc(C(F)(F)F)cc1. The van der Waals surface area contributed by atoms with Gasteiger partial charge >= 0.3 is 6.18 Å². The minimum Gasteiger partial charge on any atom is -0.337 e. The van der Waals surface area contributed by atoms with E-state index in [1.54, 1.807) is 20.0 Å². The van der Waals surface area contributed by atoms with Gasteiger partial charge in [0.25, 0.3) is 5.91 Å². The highest BCUT2D eigenvalue weighted by molar-refractivity contribution is 7.18. The number of hydrogen-bond donors (Lipinski definition) is 1. The van der Waals surface area contributed by atoms with Crippen LogP contribution in [0, 0.1) is 12.8 Å². The van der Waals surface area contributed by atoms with Gasteiger partial charge in [-0.2, -0.15) is 13.2 Å². The third-order valence-electron chi connectivity index (χ3n) is 4.35. The Bertz CT molecular complexity index is 855. The number of halogens is 3. The van der Waals surface area contributed by atoms with Crippen LogP contribution in [-0.4, -0.2) is 23.8 Å². The van der Waals surface area contributed by atoms with E-state index >= 15 is 0 Å². The molecular formula is C19H19F3N2O2S. The molecule has 4 nitrogen and oxygen atoms in total. The fraction of sp³-hybridized carbons (Fsp3) is 0.368. The highest BCUT2D eigenvalue weighted by Gasteiger charge is 2.31. The van der Waals surface area contributed by atoms with Gasteiger partial charge in [0, 0.05) is 19.5 Å². The van der Waals surface area contributed by atoms with Gasteiger partial charge in [-0.3, -0.25) is 9.59 Å². The van der Waals surface area contributed by atoms with Gasteiger partial charge in [-0.1, -0.05) is 12.1 Å². The van der Waals surface area contributed by atoms with Crippen LogP contribution in [0.5, 0.6) is 0 Å². The van der Waals surface area contributed by atoms with E-state index in [9.17, 15) is 22.8 Å². The summed E-state index contributed by atoms with van der Waals surface area (Å²) in [5, 5.41) is 3.47. The number of anilines is 1. The van der Waals surface area contributed by atoms with Crippen molar-refractivity contribution in [3.8, 4) is 0 Å². The largest absolute Gasteiger partial charge is 0.416 e. The summed E-state index contributed by atoms with van der Waals surface area (Å²) in [5.41, 5.74) is 0.649. The van der Waals surface area contributed by atoms with E-state index < -0.39 is 11.7 Å². The summed E-state index contributed by atoms with van der Waals surface area (Å²) in [5.74, 6) is -0.174. The molecule has 1 aliphatic rings. The molecule has 1 N–H and O–H groups in total. The maximum absolute atomic E-state index is 12.7. The molecule has 2 amide bonds. The van der Waals surface area contributed by atoms with Crippen LogP contribution in [-0.2, 0) is 17.5 Å². The summed E-state index contributed by atoms with van der Waals surface area (Å²) in [6.07, 6.45) is -2.58. The van der Waals surface area contributed by atoms with Gasteiger partial charge in [-0.25, -0.2) is 0 Å². The average molecular weight is 396 g/mol. The van der Waals surface area contributed by atoms with Crippen molar-refractivity contribution in [2.24, 2.45) is 5.92 Å². The van der Waals surface area contributed by atoms with Gasteiger partial charge in [0.1, 0.15) is 0 Å². The van der Waals surface area contributed by atoms with E-state index in [4.69, 9.17) is 0 Å². The first-order valence-corrected chi connectivity index (χ1v) is 9.29. The van der Waals surface area contributed by atoms with Crippen molar-refractivity contribution in [3.63, 3.8) is 0 Å². The molecule has 1 aliphatic carbocycles. The average Bonchev–Trinajstić information content (AvgIpc) is 3.38. The van der Waals surface area contributed by atoms with Crippen molar-refractivity contribution in [3.05, 3.63) is 51.9 Å². The summed E-state index contributed by atoms with van der Waals surface area (Å²) in [6, 6.07) is 6.53. The fourth-order valence-electron chi connectivity index (χ4n) is 2.64. The quantitative estimate of drug-likeness (QED) is 0.797. The normalized spacial score (nSPS) is 14.1. The first-order valence-electron chi connectivity index (χ1n) is 8.48. The molecule has 1 heterocycles. The Kier molecular flexibility index (Phi) is 5.28. The summed E-state index contributed by atoms with van der Waals surface area (Å²) in [7, 11) is 1.60. The van der Waals surface area contributed by atoms with Crippen molar-refractivity contribution in [1.29, 1.82) is 0 Å². The number of thiophene rings is 1. The summed E-state index contributed by atoms with van der Waals surface area (Å²) in [4.78, 5) is 26.5. The maximum Gasteiger partial charge on any atom is 0.416 e. The van der Waals surface area contributed by atoms with Gasteiger partial charge in [-0.05, 0) is 49.1 Å². The Labute approximate surface area is 159 Å². The highest BCUT2D eigenvalue weighted by Crippen LogP contribution is 2.33. The monoisotopic (exact) mass is 396 g/mol. The van der Waals surface area contributed by atoms with Gasteiger partial charge in [-0.15, -0.1) is 11.3 Å². The van der Waals surface area contributed by atoms with Crippen LogP contribution < -0.4 is 5.32 Å². The lowest BCUT2D eigenvalue weighted by atomic mass is 10.1. The number of nitrogens with zero attached hydrogens (tertiary/aromatic N) is 1. The molecule has 27 heavy (non-hydrogen) atoms. The molecule has 1 saturated carbocycles. The van der Waals surface area contributed by atoms with Crippen LogP contribution in [0.1, 0.15) is 39.2 Å². The van der Waals surface area contributed by atoms with Crippen molar-refractivity contribution >= 4 is 28.2 Å². The first-order chi connectivity index (χ1) is 12.6. The number of amides is 2. The van der Waals surface area contributed by atoms with Crippen LogP contribution in [0.3, 0.4) is 0 Å². The van der Waals surface area contributed by atoms with E-state index in [0.29, 0.717) is 15.4 Å². The van der Waals surface area contributed by atoms with Gasteiger partial charge in [0.15, 0.2) is 0 Å². The molecule has 1 aromatic heterocycles. The number of aryl methyl sites for hydroxylation is 1. The first kappa shape index (κ1) is 19.4. The van der Waals surface area contributed by atoms with Crippen molar-refractivity contribution < 1.29 is 22.8 Å². The molecule has 0 aliphatic heterocycles. The molecule has 0 saturated heterocycles. The van der Waals surface area contributed by atoms with E-state index in [2.05, 4.69) is 5.32 Å². The van der Waals surface area contributed by atoms with Crippen LogP contribution in [0.25, 0.3) is 0 Å². The maximum atomic E-state index is 12.7. The molecule has 0 unspecified atom stereocenters. The standard InChI is InChI=1S/C19H19F3N2O2S/c1-11-9-15(23-17(25)13-5-6-13)27-16(11)18(26)24(2)10-12-3-7-14(8-4-12)19(20,21)22/h3-4,7-9,13H,5-6,10H2,1-2H3,(H,23,25). The molecule has 0 radical (unpaired) electrons. The Morgan fingerprint density at radius 2 is 1.85 bits per heavy atom. The Hall–Kier alpha value is -2.35. The predicted octanol–water partition coefficient (Wildman–Crippen LogP) is 4.70. The Morgan fingerprint density at radius 3 is 2.41 bits per heavy atom. The van der Waals surface area contributed by atoms with E-state index in [1.807, 2.05) is 0 Å². The molecule has 0 spiro atoms. The smallest absolute Gasteiger partial charge is 0.337 e. The lowest BCUT2D eigenvalue weighted by Crippen LogP contribution is -2.26. The van der Waals surface area contributed by atoms with Crippen molar-refractivity contribution in [2.75, 3.05) is 12.4 Å². The number of benzene rings is 1. The molecule has 0 atom stereocenters. The third kappa shape index (κ3) is 4.68. The summed E-state index contributed by atoms with van der Waals surface area (Å²) < 4.78 is 37.9. The Morgan fingerprint density at radius 1 is 1.22 bits per heavy atom. The molecule has 3 rings (SSSR count). The van der Waals surface area contributed by atoms with E-state index in [0.717, 1.165) is 30.5 Å². The molecule has 8 heteroatoms. The minimum absolute atomic E-state index is 0.0200. The zero-order valence-corrected chi connectivity index (χ0v) is 15.7. The zero-order valence-electron chi connectivity index (χ0n) is 14.9. The lowest BCUT2D eigenvalue weighted by Gasteiger charge is -2.17. The van der Waals surface area contributed by atoms with Crippen LogP contribution in [0.4, 0.5) is 18.2 Å². The number of carbonyl (C=O) groups is 2. The summed E-state index contributed by atoms with van der Waals surface area (Å²) in [6.45, 7) is 1.99. The van der Waals surface area contributed by atoms with E-state index in [1.165, 1.54) is 28.4 Å². The molecule has 2 aromatic rings. The second-order valence-corrected chi connectivity index (χ2v) is 7.79. The molecule has 1 fully saturated rings. The minimum atomic E-state index is -4.38. The number of carbonyl (C=O) groups excluding carboxylic acids is 2. The fourth-order valence-corrected chi connectivity index (χ4v) is 3.71. The second kappa shape index (κ2) is 7.34. The predicted molar refractivity (Wildman–Crippen MR) is 97.7 cm³/mol. The number of alkyl halides is 3. The molecule has 0 bridgehead atoms. The van der Waals surface area contributed by atoms with Crippen molar-refractivity contribution in [1.82, 2.24) is 4.90 Å². The van der Waals surface area contributed by atoms with Crippen LogP contribution in [0.2, 0.25) is 0 Å². The van der Waals surface area contributed by atoms with Crippen molar-refractivity contribution in [2.45, 2.75) is 32.5 Å². The van der Waals surface area contributed by atoms with Crippen LogP contribution >= 0.6 is 11.3 Å².